The summed E-state index contributed by atoms with van der Waals surface area (Å²) in [5, 5.41) is 3.42. The van der Waals surface area contributed by atoms with Crippen LogP contribution >= 0.6 is 24.0 Å². The van der Waals surface area contributed by atoms with Crippen LogP contribution in [0.1, 0.15) is 31.7 Å². The Balaban J connectivity index is 0.00000300. The van der Waals surface area contributed by atoms with E-state index < -0.39 is 0 Å². The maximum Gasteiger partial charge on any atom is 0.217 e. The molecule has 1 aromatic rings. The predicted octanol–water partition coefficient (Wildman–Crippen LogP) is 1.59. The lowest BCUT2D eigenvalue weighted by Crippen LogP contribution is -2.46. The number of guanidine groups is 1. The second-order valence-corrected chi connectivity index (χ2v) is 7.68. The number of pyridine rings is 1. The fourth-order valence-electron chi connectivity index (χ4n) is 3.96. The minimum Gasteiger partial charge on any atom is -0.375 e. The highest BCUT2D eigenvalue weighted by Crippen LogP contribution is 2.20. The van der Waals surface area contributed by atoms with Crippen LogP contribution < -0.4 is 16.0 Å². The molecule has 0 spiro atoms. The van der Waals surface area contributed by atoms with Crippen molar-refractivity contribution < 1.29 is 9.53 Å². The van der Waals surface area contributed by atoms with E-state index in [-0.39, 0.29) is 36.0 Å². The molecule has 2 aliphatic rings. The van der Waals surface area contributed by atoms with Crippen molar-refractivity contribution in [3.05, 3.63) is 23.9 Å². The van der Waals surface area contributed by atoms with E-state index in [9.17, 15) is 4.79 Å². The number of morpholine rings is 1. The number of nitrogens with zero attached hydrogens (tertiary/aromatic N) is 4. The molecule has 2 atom stereocenters. The Morgan fingerprint density at radius 3 is 2.86 bits per heavy atom. The second kappa shape index (κ2) is 11.5. The molecule has 2 fully saturated rings. The summed E-state index contributed by atoms with van der Waals surface area (Å²) in [5.41, 5.74) is 6.47. The smallest absolute Gasteiger partial charge is 0.217 e. The van der Waals surface area contributed by atoms with Crippen LogP contribution in [0.15, 0.2) is 23.3 Å². The second-order valence-electron chi connectivity index (χ2n) is 7.68. The number of primary amides is 1. The number of rotatable bonds is 5. The summed E-state index contributed by atoms with van der Waals surface area (Å²) >= 11 is 0. The zero-order valence-corrected chi connectivity index (χ0v) is 19.7. The Kier molecular flexibility index (Phi) is 9.41. The molecule has 0 aliphatic carbocycles. The zero-order valence-electron chi connectivity index (χ0n) is 17.3. The van der Waals surface area contributed by atoms with Crippen molar-refractivity contribution >= 4 is 41.7 Å². The molecule has 162 valence electrons. The van der Waals surface area contributed by atoms with E-state index in [0.29, 0.717) is 18.9 Å². The van der Waals surface area contributed by atoms with Gasteiger partial charge >= 0.3 is 0 Å². The van der Waals surface area contributed by atoms with Gasteiger partial charge in [0.1, 0.15) is 5.82 Å². The van der Waals surface area contributed by atoms with Gasteiger partial charge in [0.15, 0.2) is 5.96 Å². The third-order valence-electron chi connectivity index (χ3n) is 5.35. The highest BCUT2D eigenvalue weighted by Gasteiger charge is 2.23. The topological polar surface area (TPSA) is 96.1 Å². The number of carbonyl (C=O) groups excluding carboxylic acids is 1. The Labute approximate surface area is 190 Å². The van der Waals surface area contributed by atoms with E-state index in [2.05, 4.69) is 44.1 Å². The summed E-state index contributed by atoms with van der Waals surface area (Å²) in [5.74, 6) is 1.94. The van der Waals surface area contributed by atoms with Crippen LogP contribution in [-0.4, -0.2) is 67.7 Å². The van der Waals surface area contributed by atoms with Gasteiger partial charge in [-0.15, -0.1) is 24.0 Å². The van der Waals surface area contributed by atoms with Crippen molar-refractivity contribution in [2.45, 2.75) is 38.8 Å². The summed E-state index contributed by atoms with van der Waals surface area (Å²) < 4.78 is 5.59. The molecule has 3 heterocycles. The van der Waals surface area contributed by atoms with Crippen LogP contribution in [0, 0.1) is 5.92 Å². The van der Waals surface area contributed by atoms with Gasteiger partial charge in [0, 0.05) is 52.4 Å². The molecule has 3 N–H and O–H groups in total. The summed E-state index contributed by atoms with van der Waals surface area (Å²) in [4.78, 5) is 24.7. The molecule has 0 aromatic carbocycles. The van der Waals surface area contributed by atoms with Gasteiger partial charge in [0.2, 0.25) is 5.91 Å². The van der Waals surface area contributed by atoms with E-state index in [1.54, 1.807) is 7.05 Å². The number of likely N-dealkylation sites (tertiary alicyclic amines) is 1. The SMILES string of the molecule is CN=C(NCc1ccc(N2CCOC(C)C2)nc1)N1CCCC(CC(N)=O)C1.I. The lowest BCUT2D eigenvalue weighted by Gasteiger charge is -2.34. The van der Waals surface area contributed by atoms with E-state index in [1.807, 2.05) is 6.20 Å². The van der Waals surface area contributed by atoms with Gasteiger partial charge in [0.25, 0.3) is 0 Å². The van der Waals surface area contributed by atoms with Crippen LogP contribution in [0.2, 0.25) is 0 Å². The number of piperidine rings is 1. The van der Waals surface area contributed by atoms with Gasteiger partial charge in [0.05, 0.1) is 12.7 Å². The number of amides is 1. The molecule has 3 rings (SSSR count). The Morgan fingerprint density at radius 1 is 1.38 bits per heavy atom. The van der Waals surface area contributed by atoms with Gasteiger partial charge in [-0.1, -0.05) is 6.07 Å². The van der Waals surface area contributed by atoms with E-state index in [4.69, 9.17) is 10.5 Å². The lowest BCUT2D eigenvalue weighted by atomic mass is 9.95. The average Bonchev–Trinajstić information content (AvgIpc) is 2.69. The number of nitrogens with two attached hydrogens (primary N) is 1. The van der Waals surface area contributed by atoms with Crippen molar-refractivity contribution in [1.82, 2.24) is 15.2 Å². The maximum absolute atomic E-state index is 11.2. The largest absolute Gasteiger partial charge is 0.375 e. The molecule has 2 aliphatic heterocycles. The van der Waals surface area contributed by atoms with E-state index in [1.165, 1.54) is 0 Å². The first-order valence-electron chi connectivity index (χ1n) is 10.1. The third-order valence-corrected chi connectivity index (χ3v) is 5.35. The first-order chi connectivity index (χ1) is 13.5. The fourth-order valence-corrected chi connectivity index (χ4v) is 3.96. The molecule has 0 radical (unpaired) electrons. The summed E-state index contributed by atoms with van der Waals surface area (Å²) in [6, 6.07) is 4.18. The zero-order chi connectivity index (χ0) is 19.9. The van der Waals surface area contributed by atoms with Crippen LogP contribution in [0.3, 0.4) is 0 Å². The minimum atomic E-state index is -0.226. The number of nitrogens with one attached hydrogen (secondary N) is 1. The fraction of sp³-hybridized carbons (Fsp3) is 0.650. The van der Waals surface area contributed by atoms with E-state index >= 15 is 0 Å². The van der Waals surface area contributed by atoms with Crippen LogP contribution in [0.5, 0.6) is 0 Å². The molecule has 29 heavy (non-hydrogen) atoms. The highest BCUT2D eigenvalue weighted by molar-refractivity contribution is 14.0. The minimum absolute atomic E-state index is 0. The number of aromatic nitrogens is 1. The summed E-state index contributed by atoms with van der Waals surface area (Å²) in [7, 11) is 1.79. The summed E-state index contributed by atoms with van der Waals surface area (Å²) in [6.45, 7) is 7.01. The number of carbonyl (C=O) groups is 1. The average molecular weight is 516 g/mol. The number of hydrogen-bond acceptors (Lipinski definition) is 5. The number of anilines is 1. The molecule has 9 heteroatoms. The molecule has 1 amide bonds. The molecule has 1 aromatic heterocycles. The molecule has 2 unspecified atom stereocenters. The lowest BCUT2D eigenvalue weighted by molar-refractivity contribution is -0.119. The number of hydrogen-bond donors (Lipinski definition) is 2. The number of ether oxygens (including phenoxy) is 1. The quantitative estimate of drug-likeness (QED) is 0.351. The van der Waals surface area contributed by atoms with Crippen molar-refractivity contribution in [2.24, 2.45) is 16.6 Å². The van der Waals surface area contributed by atoms with Crippen LogP contribution in [-0.2, 0) is 16.1 Å². The first-order valence-corrected chi connectivity index (χ1v) is 10.1. The van der Waals surface area contributed by atoms with Crippen LogP contribution in [0.4, 0.5) is 5.82 Å². The standard InChI is InChI=1S/C20H32N6O2.HI/c1-15-13-25(8-9-28-15)19-6-5-17(11-23-19)12-24-20(22-2)26-7-3-4-16(14-26)10-18(21)27;/h5-6,11,15-16H,3-4,7-10,12-14H2,1-2H3,(H2,21,27)(H,22,24);1H. The van der Waals surface area contributed by atoms with Crippen molar-refractivity contribution in [3.63, 3.8) is 0 Å². The third kappa shape index (κ3) is 6.98. The monoisotopic (exact) mass is 516 g/mol. The molecular weight excluding hydrogens is 483 g/mol. The van der Waals surface area contributed by atoms with Crippen LogP contribution in [0.25, 0.3) is 0 Å². The Hall–Kier alpha value is -1.62. The molecule has 8 nitrogen and oxygen atoms in total. The van der Waals surface area contributed by atoms with Gasteiger partial charge < -0.3 is 25.6 Å². The summed E-state index contributed by atoms with van der Waals surface area (Å²) in [6.07, 6.45) is 4.69. The van der Waals surface area contributed by atoms with Crippen molar-refractivity contribution in [1.29, 1.82) is 0 Å². The van der Waals surface area contributed by atoms with Gasteiger partial charge in [-0.2, -0.15) is 0 Å². The molecule has 0 saturated carbocycles. The van der Waals surface area contributed by atoms with Gasteiger partial charge in [-0.3, -0.25) is 9.79 Å². The molecule has 0 bridgehead atoms. The van der Waals surface area contributed by atoms with Crippen molar-refractivity contribution in [3.8, 4) is 0 Å². The Morgan fingerprint density at radius 2 is 2.21 bits per heavy atom. The first kappa shape index (κ1) is 23.7. The van der Waals surface area contributed by atoms with Crippen molar-refractivity contribution in [2.75, 3.05) is 44.7 Å². The molecule has 2 saturated heterocycles. The highest BCUT2D eigenvalue weighted by atomic mass is 127. The van der Waals surface area contributed by atoms with E-state index in [0.717, 1.165) is 63.0 Å². The predicted molar refractivity (Wildman–Crippen MR) is 126 cm³/mol. The molecular formula is C20H33IN6O2. The van der Waals surface area contributed by atoms with Gasteiger partial charge in [-0.05, 0) is 37.3 Å². The Bertz CT molecular complexity index is 684. The maximum atomic E-state index is 11.2. The number of aliphatic imine (C=N–C) groups is 1. The number of halogens is 1. The normalized spacial score (nSPS) is 22.8. The van der Waals surface area contributed by atoms with Gasteiger partial charge in [-0.25, -0.2) is 4.98 Å².